The SMILES string of the molecule is CCCCCCCCCCCCCCNC(=O)/C=C\C(=O)Oc1ccccc1. The van der Waals surface area contributed by atoms with Gasteiger partial charge in [-0.25, -0.2) is 4.79 Å². The number of rotatable bonds is 16. The molecule has 1 rings (SSSR count). The molecule has 0 saturated heterocycles. The van der Waals surface area contributed by atoms with Crippen LogP contribution < -0.4 is 10.1 Å². The van der Waals surface area contributed by atoms with Gasteiger partial charge in [-0.3, -0.25) is 4.79 Å². The fourth-order valence-electron chi connectivity index (χ4n) is 3.02. The van der Waals surface area contributed by atoms with Crippen LogP contribution in [-0.2, 0) is 9.59 Å². The number of nitrogens with one attached hydrogen (secondary N) is 1. The Balaban J connectivity index is 1.91. The van der Waals surface area contributed by atoms with E-state index in [0.29, 0.717) is 12.3 Å². The first-order valence-electron chi connectivity index (χ1n) is 10.9. The Labute approximate surface area is 170 Å². The lowest BCUT2D eigenvalue weighted by atomic mass is 10.1. The zero-order valence-electron chi connectivity index (χ0n) is 17.5. The molecule has 0 radical (unpaired) electrons. The lowest BCUT2D eigenvalue weighted by Crippen LogP contribution is -2.22. The monoisotopic (exact) mass is 387 g/mol. The number of esters is 1. The number of ether oxygens (including phenoxy) is 1. The summed E-state index contributed by atoms with van der Waals surface area (Å²) in [5.74, 6) is -0.339. The molecular formula is C24H37NO3. The molecule has 4 heteroatoms. The topological polar surface area (TPSA) is 55.4 Å². The summed E-state index contributed by atoms with van der Waals surface area (Å²) in [7, 11) is 0. The van der Waals surface area contributed by atoms with Crippen LogP contribution in [-0.4, -0.2) is 18.4 Å². The van der Waals surface area contributed by atoms with E-state index in [-0.39, 0.29) is 5.91 Å². The average Bonchev–Trinajstić information content (AvgIpc) is 2.70. The third-order valence-electron chi connectivity index (χ3n) is 4.66. The Morgan fingerprint density at radius 1 is 0.786 bits per heavy atom. The van der Waals surface area contributed by atoms with Crippen LogP contribution in [0.15, 0.2) is 42.5 Å². The second-order valence-electron chi connectivity index (χ2n) is 7.25. The van der Waals surface area contributed by atoms with E-state index in [1.165, 1.54) is 70.3 Å². The fraction of sp³-hybridized carbons (Fsp3) is 0.583. The second-order valence-corrected chi connectivity index (χ2v) is 7.25. The van der Waals surface area contributed by atoms with Gasteiger partial charge in [-0.15, -0.1) is 0 Å². The number of para-hydroxylation sites is 1. The smallest absolute Gasteiger partial charge is 0.336 e. The fourth-order valence-corrected chi connectivity index (χ4v) is 3.02. The number of amides is 1. The van der Waals surface area contributed by atoms with Crippen LogP contribution in [0.5, 0.6) is 5.75 Å². The molecular weight excluding hydrogens is 350 g/mol. The molecule has 1 N–H and O–H groups in total. The Bertz CT molecular complexity index is 554. The van der Waals surface area contributed by atoms with Gasteiger partial charge in [-0.2, -0.15) is 0 Å². The molecule has 0 aliphatic carbocycles. The summed E-state index contributed by atoms with van der Waals surface area (Å²) >= 11 is 0. The molecule has 0 fully saturated rings. The van der Waals surface area contributed by atoms with E-state index in [1.54, 1.807) is 24.3 Å². The van der Waals surface area contributed by atoms with Gasteiger partial charge in [-0.05, 0) is 18.6 Å². The normalized spacial score (nSPS) is 10.9. The number of carbonyl (C=O) groups excluding carboxylic acids is 2. The number of unbranched alkanes of at least 4 members (excludes halogenated alkanes) is 11. The van der Waals surface area contributed by atoms with Gasteiger partial charge in [-0.1, -0.05) is 95.8 Å². The van der Waals surface area contributed by atoms with E-state index in [2.05, 4.69) is 12.2 Å². The minimum atomic E-state index is -0.549. The molecule has 4 nitrogen and oxygen atoms in total. The van der Waals surface area contributed by atoms with Crippen LogP contribution in [0.25, 0.3) is 0 Å². The molecule has 0 atom stereocenters. The third-order valence-corrected chi connectivity index (χ3v) is 4.66. The van der Waals surface area contributed by atoms with Crippen molar-refractivity contribution in [1.29, 1.82) is 0 Å². The van der Waals surface area contributed by atoms with Gasteiger partial charge in [0.15, 0.2) is 0 Å². The standard InChI is InChI=1S/C24H37NO3/c1-2-3-4-5-6-7-8-9-10-11-12-16-21-25-23(26)19-20-24(27)28-22-17-14-13-15-18-22/h13-15,17-20H,2-12,16,21H2,1H3,(H,25,26)/b20-19-. The van der Waals surface area contributed by atoms with E-state index in [1.807, 2.05) is 6.07 Å². The Morgan fingerprint density at radius 3 is 1.89 bits per heavy atom. The van der Waals surface area contributed by atoms with Crippen molar-refractivity contribution in [2.45, 2.75) is 84.0 Å². The van der Waals surface area contributed by atoms with Crippen molar-refractivity contribution in [3.63, 3.8) is 0 Å². The minimum Gasteiger partial charge on any atom is -0.423 e. The minimum absolute atomic E-state index is 0.256. The molecule has 1 aromatic rings. The highest BCUT2D eigenvalue weighted by Gasteiger charge is 2.01. The van der Waals surface area contributed by atoms with Crippen LogP contribution >= 0.6 is 0 Å². The van der Waals surface area contributed by atoms with Crippen molar-refractivity contribution < 1.29 is 14.3 Å². The zero-order chi connectivity index (χ0) is 20.3. The van der Waals surface area contributed by atoms with Gasteiger partial charge in [0.1, 0.15) is 5.75 Å². The van der Waals surface area contributed by atoms with Gasteiger partial charge in [0, 0.05) is 18.7 Å². The maximum Gasteiger partial charge on any atom is 0.336 e. The van der Waals surface area contributed by atoms with Gasteiger partial charge in [0.2, 0.25) is 5.91 Å². The first-order valence-corrected chi connectivity index (χ1v) is 10.9. The highest BCUT2D eigenvalue weighted by atomic mass is 16.5. The van der Waals surface area contributed by atoms with Crippen LogP contribution in [0.1, 0.15) is 84.0 Å². The first-order chi connectivity index (χ1) is 13.7. The number of hydrogen-bond donors (Lipinski definition) is 1. The molecule has 0 aliphatic rings. The van der Waals surface area contributed by atoms with Crippen molar-refractivity contribution in [3.05, 3.63) is 42.5 Å². The van der Waals surface area contributed by atoms with Crippen molar-refractivity contribution in [3.8, 4) is 5.75 Å². The summed E-state index contributed by atoms with van der Waals surface area (Å²) < 4.78 is 5.08. The number of carbonyl (C=O) groups is 2. The van der Waals surface area contributed by atoms with Crippen LogP contribution in [0.4, 0.5) is 0 Å². The second kappa shape index (κ2) is 17.0. The predicted octanol–water partition coefficient (Wildman–Crippen LogP) is 5.97. The molecule has 0 bridgehead atoms. The summed E-state index contributed by atoms with van der Waals surface area (Å²) in [5, 5.41) is 2.80. The van der Waals surface area contributed by atoms with Gasteiger partial charge < -0.3 is 10.1 Å². The molecule has 0 unspecified atom stereocenters. The van der Waals surface area contributed by atoms with Crippen LogP contribution in [0, 0.1) is 0 Å². The highest BCUT2D eigenvalue weighted by molar-refractivity contribution is 5.95. The summed E-state index contributed by atoms with van der Waals surface area (Å²) in [5.41, 5.74) is 0. The van der Waals surface area contributed by atoms with Gasteiger partial charge in [0.25, 0.3) is 0 Å². The third kappa shape index (κ3) is 14.0. The lowest BCUT2D eigenvalue weighted by molar-refractivity contribution is -0.129. The van der Waals surface area contributed by atoms with E-state index in [0.717, 1.165) is 18.9 Å². The van der Waals surface area contributed by atoms with Crippen LogP contribution in [0.3, 0.4) is 0 Å². The molecule has 1 aromatic carbocycles. The summed E-state index contributed by atoms with van der Waals surface area (Å²) in [6.07, 6.45) is 17.9. The van der Waals surface area contributed by atoms with Crippen molar-refractivity contribution in [2.75, 3.05) is 6.54 Å². The average molecular weight is 388 g/mol. The molecule has 0 aromatic heterocycles. The molecule has 156 valence electrons. The van der Waals surface area contributed by atoms with E-state index in [4.69, 9.17) is 4.74 Å². The highest BCUT2D eigenvalue weighted by Crippen LogP contribution is 2.11. The van der Waals surface area contributed by atoms with Crippen molar-refractivity contribution in [2.24, 2.45) is 0 Å². The number of benzene rings is 1. The maximum absolute atomic E-state index is 11.7. The quantitative estimate of drug-likeness (QED) is 0.165. The van der Waals surface area contributed by atoms with E-state index in [9.17, 15) is 9.59 Å². The first kappa shape index (κ1) is 23.9. The number of hydrogen-bond acceptors (Lipinski definition) is 3. The zero-order valence-corrected chi connectivity index (χ0v) is 17.5. The van der Waals surface area contributed by atoms with Gasteiger partial charge >= 0.3 is 5.97 Å². The van der Waals surface area contributed by atoms with Gasteiger partial charge in [0.05, 0.1) is 0 Å². The summed E-state index contributed by atoms with van der Waals surface area (Å²) in [6.45, 7) is 2.90. The Hall–Kier alpha value is -2.10. The molecule has 0 spiro atoms. The predicted molar refractivity (Wildman–Crippen MR) is 115 cm³/mol. The lowest BCUT2D eigenvalue weighted by Gasteiger charge is -2.04. The van der Waals surface area contributed by atoms with E-state index >= 15 is 0 Å². The Morgan fingerprint density at radius 2 is 1.32 bits per heavy atom. The molecule has 1 amide bonds. The summed E-state index contributed by atoms with van der Waals surface area (Å²) in [6, 6.07) is 8.80. The largest absolute Gasteiger partial charge is 0.423 e. The van der Waals surface area contributed by atoms with Crippen molar-refractivity contribution >= 4 is 11.9 Å². The Kier molecular flexibility index (Phi) is 14.6. The van der Waals surface area contributed by atoms with Crippen molar-refractivity contribution in [1.82, 2.24) is 5.32 Å². The maximum atomic E-state index is 11.7. The molecule has 28 heavy (non-hydrogen) atoms. The molecule has 0 aliphatic heterocycles. The molecule has 0 heterocycles. The van der Waals surface area contributed by atoms with Crippen LogP contribution in [0.2, 0.25) is 0 Å². The molecule has 0 saturated carbocycles. The summed E-state index contributed by atoms with van der Waals surface area (Å²) in [4.78, 5) is 23.3. The van der Waals surface area contributed by atoms with E-state index < -0.39 is 5.97 Å².